The number of hydrogen-bond acceptors (Lipinski definition) is 2. The molecule has 0 saturated heterocycles. The van der Waals surface area contributed by atoms with E-state index in [0.29, 0.717) is 13.0 Å². The van der Waals surface area contributed by atoms with Gasteiger partial charge in [0.25, 0.3) is 0 Å². The van der Waals surface area contributed by atoms with Gasteiger partial charge in [0.15, 0.2) is 0 Å². The second-order valence-electron chi connectivity index (χ2n) is 2.07. The molecule has 1 atom stereocenters. The largest absolute Gasteiger partial charge is 0.502 e. The highest BCUT2D eigenvalue weighted by molar-refractivity contribution is 5.69. The molecule has 0 aliphatic rings. The van der Waals surface area contributed by atoms with Crippen LogP contribution in [0.5, 0.6) is 0 Å². The van der Waals surface area contributed by atoms with Crippen LogP contribution in [0.15, 0.2) is 12.8 Å². The van der Waals surface area contributed by atoms with Gasteiger partial charge in [-0.05, 0) is 6.42 Å². The highest BCUT2D eigenvalue weighted by Gasteiger charge is 2.09. The standard InChI is InChI=1S/C7H12O3/c1-3-10-5-4-6(2)7(8)9/h3,6H,1,4-5H2,2H3,(H,8,9). The molecule has 0 aromatic carbocycles. The topological polar surface area (TPSA) is 46.5 Å². The van der Waals surface area contributed by atoms with E-state index in [4.69, 9.17) is 9.84 Å². The summed E-state index contributed by atoms with van der Waals surface area (Å²) in [6, 6.07) is 0. The van der Waals surface area contributed by atoms with Crippen LogP contribution in [0, 0.1) is 5.92 Å². The van der Waals surface area contributed by atoms with Gasteiger partial charge in [-0.25, -0.2) is 0 Å². The smallest absolute Gasteiger partial charge is 0.306 e. The average Bonchev–Trinajstić information content (AvgIpc) is 1.88. The van der Waals surface area contributed by atoms with Crippen molar-refractivity contribution in [3.63, 3.8) is 0 Å². The molecule has 3 heteroatoms. The number of aliphatic carboxylic acids is 1. The highest BCUT2D eigenvalue weighted by atomic mass is 16.5. The van der Waals surface area contributed by atoms with E-state index in [2.05, 4.69) is 6.58 Å². The molecule has 58 valence electrons. The molecule has 0 spiro atoms. The van der Waals surface area contributed by atoms with Crippen molar-refractivity contribution in [3.05, 3.63) is 12.8 Å². The van der Waals surface area contributed by atoms with Gasteiger partial charge in [-0.2, -0.15) is 0 Å². The van der Waals surface area contributed by atoms with E-state index in [-0.39, 0.29) is 5.92 Å². The first-order chi connectivity index (χ1) is 4.68. The van der Waals surface area contributed by atoms with Gasteiger partial charge in [0.05, 0.1) is 18.8 Å². The summed E-state index contributed by atoms with van der Waals surface area (Å²) in [4.78, 5) is 10.2. The van der Waals surface area contributed by atoms with Crippen molar-refractivity contribution >= 4 is 5.97 Å². The Morgan fingerprint density at radius 1 is 1.90 bits per heavy atom. The van der Waals surface area contributed by atoms with Crippen LogP contribution in [0.4, 0.5) is 0 Å². The van der Waals surface area contributed by atoms with E-state index in [1.54, 1.807) is 6.92 Å². The minimum absolute atomic E-state index is 0.333. The zero-order chi connectivity index (χ0) is 7.98. The number of ether oxygens (including phenoxy) is 1. The third kappa shape index (κ3) is 3.95. The fourth-order valence-corrected chi connectivity index (χ4v) is 0.452. The van der Waals surface area contributed by atoms with Gasteiger partial charge in [0.1, 0.15) is 0 Å². The lowest BCUT2D eigenvalue weighted by molar-refractivity contribution is -0.141. The Morgan fingerprint density at radius 3 is 2.90 bits per heavy atom. The molecular formula is C7H12O3. The third-order valence-corrected chi connectivity index (χ3v) is 1.21. The number of hydrogen-bond donors (Lipinski definition) is 1. The van der Waals surface area contributed by atoms with Crippen molar-refractivity contribution in [2.24, 2.45) is 5.92 Å². The molecule has 0 rings (SSSR count). The number of carboxylic acid groups (broad SMARTS) is 1. The minimum atomic E-state index is -0.785. The first kappa shape index (κ1) is 9.01. The van der Waals surface area contributed by atoms with E-state index in [1.807, 2.05) is 0 Å². The minimum Gasteiger partial charge on any atom is -0.502 e. The quantitative estimate of drug-likeness (QED) is 0.466. The Morgan fingerprint density at radius 2 is 2.50 bits per heavy atom. The molecule has 0 heterocycles. The summed E-state index contributed by atoms with van der Waals surface area (Å²) in [6.45, 7) is 5.41. The van der Waals surface area contributed by atoms with Gasteiger partial charge in [-0.15, -0.1) is 0 Å². The average molecular weight is 144 g/mol. The molecular weight excluding hydrogens is 132 g/mol. The lowest BCUT2D eigenvalue weighted by Gasteiger charge is -2.03. The van der Waals surface area contributed by atoms with Crippen molar-refractivity contribution in [3.8, 4) is 0 Å². The first-order valence-corrected chi connectivity index (χ1v) is 3.13. The molecule has 10 heavy (non-hydrogen) atoms. The highest BCUT2D eigenvalue weighted by Crippen LogP contribution is 2.00. The lowest BCUT2D eigenvalue weighted by atomic mass is 10.1. The van der Waals surface area contributed by atoms with Gasteiger partial charge in [-0.1, -0.05) is 13.5 Å². The molecule has 1 unspecified atom stereocenters. The van der Waals surface area contributed by atoms with Crippen LogP contribution in [0.25, 0.3) is 0 Å². The summed E-state index contributed by atoms with van der Waals surface area (Å²) in [5.74, 6) is -1.12. The van der Waals surface area contributed by atoms with E-state index in [0.717, 1.165) is 0 Å². The number of carboxylic acids is 1. The van der Waals surface area contributed by atoms with Crippen molar-refractivity contribution in [2.75, 3.05) is 6.61 Å². The van der Waals surface area contributed by atoms with Gasteiger partial charge in [0, 0.05) is 0 Å². The molecule has 0 bridgehead atoms. The maximum atomic E-state index is 10.2. The molecule has 0 fully saturated rings. The fraction of sp³-hybridized carbons (Fsp3) is 0.571. The SMILES string of the molecule is C=COCCC(C)C(=O)O. The Hall–Kier alpha value is -0.990. The molecule has 0 aliphatic carbocycles. The van der Waals surface area contributed by atoms with Gasteiger partial charge in [-0.3, -0.25) is 4.79 Å². The van der Waals surface area contributed by atoms with E-state index in [1.165, 1.54) is 6.26 Å². The van der Waals surface area contributed by atoms with Crippen LogP contribution in [0.3, 0.4) is 0 Å². The van der Waals surface area contributed by atoms with Crippen LogP contribution in [-0.2, 0) is 9.53 Å². The Kier molecular flexibility index (Phi) is 4.37. The van der Waals surface area contributed by atoms with Crippen LogP contribution < -0.4 is 0 Å². The van der Waals surface area contributed by atoms with Crippen LogP contribution in [0.2, 0.25) is 0 Å². The summed E-state index contributed by atoms with van der Waals surface area (Å²) in [5, 5.41) is 8.40. The van der Waals surface area contributed by atoms with E-state index >= 15 is 0 Å². The van der Waals surface area contributed by atoms with E-state index in [9.17, 15) is 4.79 Å². The predicted octanol–water partition coefficient (Wildman–Crippen LogP) is 1.26. The first-order valence-electron chi connectivity index (χ1n) is 3.13. The molecule has 0 aliphatic heterocycles. The maximum absolute atomic E-state index is 10.2. The summed E-state index contributed by atoms with van der Waals surface area (Å²) >= 11 is 0. The third-order valence-electron chi connectivity index (χ3n) is 1.21. The monoisotopic (exact) mass is 144 g/mol. The Bertz CT molecular complexity index is 120. The van der Waals surface area contributed by atoms with Crippen molar-refractivity contribution in [2.45, 2.75) is 13.3 Å². The summed E-state index contributed by atoms with van der Waals surface area (Å²) < 4.78 is 4.75. The Labute approximate surface area is 60.3 Å². The van der Waals surface area contributed by atoms with Crippen LogP contribution in [-0.4, -0.2) is 17.7 Å². The van der Waals surface area contributed by atoms with E-state index < -0.39 is 5.97 Å². The molecule has 3 nitrogen and oxygen atoms in total. The van der Waals surface area contributed by atoms with Gasteiger partial charge in [0.2, 0.25) is 0 Å². The molecule has 0 aromatic heterocycles. The predicted molar refractivity (Wildman–Crippen MR) is 37.6 cm³/mol. The molecule has 0 radical (unpaired) electrons. The molecule has 0 aromatic rings. The normalized spacial score (nSPS) is 12.1. The second kappa shape index (κ2) is 4.85. The fourth-order valence-electron chi connectivity index (χ4n) is 0.452. The number of rotatable bonds is 5. The van der Waals surface area contributed by atoms with Crippen LogP contribution >= 0.6 is 0 Å². The maximum Gasteiger partial charge on any atom is 0.306 e. The van der Waals surface area contributed by atoms with Crippen molar-refractivity contribution in [1.29, 1.82) is 0 Å². The zero-order valence-electron chi connectivity index (χ0n) is 6.04. The zero-order valence-corrected chi connectivity index (χ0v) is 6.04. The number of carbonyl (C=O) groups is 1. The molecule has 0 amide bonds. The van der Waals surface area contributed by atoms with Crippen molar-refractivity contribution < 1.29 is 14.6 Å². The Balaban J connectivity index is 3.30. The molecule has 0 saturated carbocycles. The van der Waals surface area contributed by atoms with Gasteiger partial charge >= 0.3 is 5.97 Å². The second-order valence-corrected chi connectivity index (χ2v) is 2.07. The van der Waals surface area contributed by atoms with Gasteiger partial charge < -0.3 is 9.84 Å². The summed E-state index contributed by atoms with van der Waals surface area (Å²) in [6.07, 6.45) is 1.84. The summed E-state index contributed by atoms with van der Waals surface area (Å²) in [7, 11) is 0. The van der Waals surface area contributed by atoms with Crippen molar-refractivity contribution in [1.82, 2.24) is 0 Å². The molecule has 1 N–H and O–H groups in total. The van der Waals surface area contributed by atoms with Crippen LogP contribution in [0.1, 0.15) is 13.3 Å². The summed E-state index contributed by atoms with van der Waals surface area (Å²) in [5.41, 5.74) is 0. The lowest BCUT2D eigenvalue weighted by Crippen LogP contribution is -2.11.